The number of benzene rings is 3. The smallest absolute Gasteiger partial charge is 0.273 e. The summed E-state index contributed by atoms with van der Waals surface area (Å²) < 4.78 is 12.3. The number of amides is 2. The highest BCUT2D eigenvalue weighted by Crippen LogP contribution is 2.33. The largest absolute Gasteiger partial charge is 0.493 e. The lowest BCUT2D eigenvalue weighted by Crippen LogP contribution is -2.42. The molecule has 1 heterocycles. The number of ether oxygens (including phenoxy) is 2. The van der Waals surface area contributed by atoms with Gasteiger partial charge in [-0.2, -0.15) is 5.10 Å². The lowest BCUT2D eigenvalue weighted by molar-refractivity contribution is -0.121. The number of carbonyl (C=O) groups excluding carboxylic acids is 2. The van der Waals surface area contributed by atoms with Gasteiger partial charge in [0, 0.05) is 11.8 Å². The molecule has 0 fully saturated rings. The molecule has 4 aromatic rings. The van der Waals surface area contributed by atoms with E-state index in [1.54, 1.807) is 43.3 Å². The fraction of sp³-hybridized carbons (Fsp3) is 0.115. The Balaban J connectivity index is 1.62. The standard InChI is InChI=1S/C26H24N4O4/c1-33-22-14-13-19(16-23(22)34-2)25-21(17-30(29-25)20-11-7-4-8-12-20)26(32)28-27-24(31)15-18-9-5-3-6-10-18/h3-14,16-17H,15H2,1-2H3,(H,27,31)(H,28,32). The fourth-order valence-electron chi connectivity index (χ4n) is 3.47. The molecule has 0 atom stereocenters. The number of nitrogens with zero attached hydrogens (tertiary/aromatic N) is 2. The summed E-state index contributed by atoms with van der Waals surface area (Å²) in [5.74, 6) is 0.251. The van der Waals surface area contributed by atoms with Crippen LogP contribution in [0.5, 0.6) is 11.5 Å². The van der Waals surface area contributed by atoms with Crippen LogP contribution in [0.1, 0.15) is 15.9 Å². The first-order valence-electron chi connectivity index (χ1n) is 10.6. The van der Waals surface area contributed by atoms with Gasteiger partial charge in [-0.25, -0.2) is 4.68 Å². The van der Waals surface area contributed by atoms with E-state index in [2.05, 4.69) is 16.0 Å². The molecular weight excluding hydrogens is 432 g/mol. The van der Waals surface area contributed by atoms with Crippen molar-refractivity contribution < 1.29 is 19.1 Å². The Labute approximate surface area is 197 Å². The summed E-state index contributed by atoms with van der Waals surface area (Å²) in [4.78, 5) is 25.4. The van der Waals surface area contributed by atoms with Crippen molar-refractivity contribution in [2.45, 2.75) is 6.42 Å². The Morgan fingerprint density at radius 1 is 0.853 bits per heavy atom. The minimum absolute atomic E-state index is 0.146. The van der Waals surface area contributed by atoms with E-state index in [0.717, 1.165) is 11.3 Å². The van der Waals surface area contributed by atoms with Crippen molar-refractivity contribution in [3.63, 3.8) is 0 Å². The van der Waals surface area contributed by atoms with Gasteiger partial charge in [0.2, 0.25) is 5.91 Å². The number of aromatic nitrogens is 2. The number of carbonyl (C=O) groups is 2. The monoisotopic (exact) mass is 456 g/mol. The molecule has 0 aliphatic carbocycles. The zero-order valence-corrected chi connectivity index (χ0v) is 18.8. The predicted molar refractivity (Wildman–Crippen MR) is 128 cm³/mol. The highest BCUT2D eigenvalue weighted by molar-refractivity contribution is 6.00. The van der Waals surface area contributed by atoms with Crippen LogP contribution >= 0.6 is 0 Å². The maximum atomic E-state index is 13.1. The van der Waals surface area contributed by atoms with Crippen molar-refractivity contribution in [2.75, 3.05) is 14.2 Å². The van der Waals surface area contributed by atoms with Crippen molar-refractivity contribution in [3.05, 3.63) is 96.2 Å². The molecule has 0 radical (unpaired) electrons. The van der Waals surface area contributed by atoms with Crippen molar-refractivity contribution in [3.8, 4) is 28.4 Å². The minimum Gasteiger partial charge on any atom is -0.493 e. The maximum absolute atomic E-state index is 13.1. The lowest BCUT2D eigenvalue weighted by Gasteiger charge is -2.10. The Hall–Kier alpha value is -4.59. The first-order chi connectivity index (χ1) is 16.6. The molecule has 0 saturated carbocycles. The molecule has 0 aliphatic rings. The average Bonchev–Trinajstić information content (AvgIpc) is 3.33. The van der Waals surface area contributed by atoms with Crippen LogP contribution in [0.25, 0.3) is 16.9 Å². The minimum atomic E-state index is -0.492. The van der Waals surface area contributed by atoms with E-state index in [0.29, 0.717) is 22.8 Å². The first kappa shape index (κ1) is 22.6. The summed E-state index contributed by atoms with van der Waals surface area (Å²) in [6.07, 6.45) is 1.77. The van der Waals surface area contributed by atoms with Crippen LogP contribution in [0.3, 0.4) is 0 Å². The van der Waals surface area contributed by atoms with E-state index in [9.17, 15) is 9.59 Å². The molecular formula is C26H24N4O4. The van der Waals surface area contributed by atoms with E-state index >= 15 is 0 Å². The average molecular weight is 457 g/mol. The number of methoxy groups -OCH3 is 2. The maximum Gasteiger partial charge on any atom is 0.273 e. The van der Waals surface area contributed by atoms with E-state index in [-0.39, 0.29) is 17.9 Å². The van der Waals surface area contributed by atoms with Crippen LogP contribution in [0.2, 0.25) is 0 Å². The SMILES string of the molecule is COc1ccc(-c2nn(-c3ccccc3)cc2C(=O)NNC(=O)Cc2ccccc2)cc1OC. The van der Waals surface area contributed by atoms with Gasteiger partial charge in [-0.1, -0.05) is 48.5 Å². The van der Waals surface area contributed by atoms with Crippen molar-refractivity contribution >= 4 is 11.8 Å². The second-order valence-corrected chi connectivity index (χ2v) is 7.41. The van der Waals surface area contributed by atoms with E-state index in [1.807, 2.05) is 60.7 Å². The van der Waals surface area contributed by atoms with Crippen LogP contribution in [0.4, 0.5) is 0 Å². The summed E-state index contributed by atoms with van der Waals surface area (Å²) >= 11 is 0. The lowest BCUT2D eigenvalue weighted by atomic mass is 10.1. The van der Waals surface area contributed by atoms with Gasteiger partial charge in [-0.05, 0) is 35.9 Å². The third-order valence-electron chi connectivity index (χ3n) is 5.16. The van der Waals surface area contributed by atoms with Crippen molar-refractivity contribution in [1.82, 2.24) is 20.6 Å². The van der Waals surface area contributed by atoms with Gasteiger partial charge in [0.1, 0.15) is 5.69 Å². The molecule has 2 amide bonds. The molecule has 8 heteroatoms. The Morgan fingerprint density at radius 2 is 1.53 bits per heavy atom. The third kappa shape index (κ3) is 5.07. The second-order valence-electron chi connectivity index (χ2n) is 7.41. The van der Waals surface area contributed by atoms with Gasteiger partial charge >= 0.3 is 0 Å². The summed E-state index contributed by atoms with van der Waals surface area (Å²) in [7, 11) is 3.10. The molecule has 2 N–H and O–H groups in total. The molecule has 1 aromatic heterocycles. The van der Waals surface area contributed by atoms with Crippen LogP contribution < -0.4 is 20.3 Å². The van der Waals surface area contributed by atoms with Gasteiger partial charge < -0.3 is 9.47 Å². The van der Waals surface area contributed by atoms with Gasteiger partial charge in [-0.15, -0.1) is 0 Å². The molecule has 172 valence electrons. The van der Waals surface area contributed by atoms with E-state index < -0.39 is 5.91 Å². The van der Waals surface area contributed by atoms with Crippen LogP contribution in [-0.2, 0) is 11.2 Å². The quantitative estimate of drug-likeness (QED) is 0.415. The van der Waals surface area contributed by atoms with Crippen LogP contribution in [0.15, 0.2) is 85.1 Å². The fourth-order valence-corrected chi connectivity index (χ4v) is 3.47. The molecule has 0 aliphatic heterocycles. The van der Waals surface area contributed by atoms with Gasteiger partial charge in [-0.3, -0.25) is 20.4 Å². The van der Waals surface area contributed by atoms with E-state index in [4.69, 9.17) is 9.47 Å². The van der Waals surface area contributed by atoms with Gasteiger partial charge in [0.25, 0.3) is 5.91 Å². The zero-order valence-electron chi connectivity index (χ0n) is 18.8. The molecule has 0 bridgehead atoms. The third-order valence-corrected chi connectivity index (χ3v) is 5.16. The van der Waals surface area contributed by atoms with Crippen molar-refractivity contribution in [2.24, 2.45) is 0 Å². The number of hydrazine groups is 1. The molecule has 0 spiro atoms. The highest BCUT2D eigenvalue weighted by Gasteiger charge is 2.20. The number of para-hydroxylation sites is 1. The normalized spacial score (nSPS) is 10.4. The molecule has 4 rings (SSSR count). The second kappa shape index (κ2) is 10.4. The molecule has 0 saturated heterocycles. The highest BCUT2D eigenvalue weighted by atomic mass is 16.5. The summed E-state index contributed by atoms with van der Waals surface area (Å²) in [6, 6.07) is 24.0. The Kier molecular flexibility index (Phi) is 6.88. The number of hydrogen-bond donors (Lipinski definition) is 2. The van der Waals surface area contributed by atoms with Crippen molar-refractivity contribution in [1.29, 1.82) is 0 Å². The Morgan fingerprint density at radius 3 is 2.21 bits per heavy atom. The topological polar surface area (TPSA) is 94.5 Å². The van der Waals surface area contributed by atoms with Crippen LogP contribution in [-0.4, -0.2) is 35.8 Å². The molecule has 34 heavy (non-hydrogen) atoms. The number of nitrogens with one attached hydrogen (secondary N) is 2. The number of rotatable bonds is 7. The van der Waals surface area contributed by atoms with E-state index in [1.165, 1.54) is 0 Å². The first-order valence-corrected chi connectivity index (χ1v) is 10.6. The summed E-state index contributed by atoms with van der Waals surface area (Å²) in [6.45, 7) is 0. The molecule has 0 unspecified atom stereocenters. The number of hydrogen-bond acceptors (Lipinski definition) is 5. The van der Waals surface area contributed by atoms with Gasteiger partial charge in [0.05, 0.1) is 31.9 Å². The van der Waals surface area contributed by atoms with Crippen LogP contribution in [0, 0.1) is 0 Å². The van der Waals surface area contributed by atoms with Gasteiger partial charge in [0.15, 0.2) is 11.5 Å². The summed E-state index contributed by atoms with van der Waals surface area (Å²) in [5.41, 5.74) is 7.99. The molecule has 8 nitrogen and oxygen atoms in total. The molecule has 3 aromatic carbocycles. The predicted octanol–water partition coefficient (Wildman–Crippen LogP) is 3.56. The summed E-state index contributed by atoms with van der Waals surface area (Å²) in [5, 5.41) is 4.64. The Bertz CT molecular complexity index is 1290. The zero-order chi connectivity index (χ0) is 23.9.